The summed E-state index contributed by atoms with van der Waals surface area (Å²) in [5.74, 6) is 2.14. The van der Waals surface area contributed by atoms with Crippen LogP contribution in [-0.2, 0) is 4.79 Å². The number of nitrogens with zero attached hydrogens (tertiary/aromatic N) is 2. The molecule has 180 valence electrons. The molecule has 0 saturated carbocycles. The van der Waals surface area contributed by atoms with Crippen molar-refractivity contribution >= 4 is 28.2 Å². The first kappa shape index (κ1) is 21.6. The van der Waals surface area contributed by atoms with Gasteiger partial charge in [-0.1, -0.05) is 0 Å². The molecule has 3 aliphatic rings. The van der Waals surface area contributed by atoms with Crippen LogP contribution in [0.15, 0.2) is 54.7 Å². The lowest BCUT2D eigenvalue weighted by Crippen LogP contribution is -2.41. The van der Waals surface area contributed by atoms with Gasteiger partial charge in [-0.05, 0) is 74.5 Å². The fraction of sp³-hybridized carbons (Fsp3) is 0.333. The normalized spacial score (nSPS) is 19.9. The molecule has 1 unspecified atom stereocenters. The number of hydrogen-bond donors (Lipinski definition) is 2. The number of benzene rings is 2. The number of carbonyl (C=O) groups is 1. The largest absolute Gasteiger partial charge is 0.485 e. The zero-order valence-electron chi connectivity index (χ0n) is 19.6. The van der Waals surface area contributed by atoms with Crippen molar-refractivity contribution in [1.29, 1.82) is 0 Å². The maximum Gasteiger partial charge on any atom is 0.262 e. The predicted octanol–water partition coefficient (Wildman–Crippen LogP) is 3.79. The van der Waals surface area contributed by atoms with Crippen LogP contribution in [0.25, 0.3) is 10.9 Å². The highest BCUT2D eigenvalue weighted by atomic mass is 16.6. The molecule has 3 aliphatic heterocycles. The summed E-state index contributed by atoms with van der Waals surface area (Å²) in [6.45, 7) is 4.42. The molecule has 1 aromatic heterocycles. The Bertz CT molecular complexity index is 1300. The van der Waals surface area contributed by atoms with E-state index in [1.807, 2.05) is 55.6 Å². The number of amides is 1. The number of anilines is 2. The van der Waals surface area contributed by atoms with Gasteiger partial charge in [0, 0.05) is 35.9 Å². The number of fused-ring (bicyclic) bond motifs is 4. The summed E-state index contributed by atoms with van der Waals surface area (Å²) in [4.78, 5) is 18.6. The van der Waals surface area contributed by atoms with E-state index in [9.17, 15) is 4.79 Å². The SMILES string of the molecule is Cc1ccc2c3c(ccc2n1)OCC(/C=C/NC1CCN(c2ccc4c(c2)NC(=O)CO4)CC1)O3. The van der Waals surface area contributed by atoms with Gasteiger partial charge in [-0.25, -0.2) is 0 Å². The van der Waals surface area contributed by atoms with Gasteiger partial charge in [-0.15, -0.1) is 0 Å². The van der Waals surface area contributed by atoms with Crippen molar-refractivity contribution in [2.45, 2.75) is 31.9 Å². The Labute approximate surface area is 203 Å². The molecule has 35 heavy (non-hydrogen) atoms. The second-order valence-electron chi connectivity index (χ2n) is 9.18. The van der Waals surface area contributed by atoms with Gasteiger partial charge < -0.3 is 29.7 Å². The molecule has 1 atom stereocenters. The average molecular weight is 473 g/mol. The third-order valence-corrected chi connectivity index (χ3v) is 6.70. The molecule has 1 saturated heterocycles. The molecular weight excluding hydrogens is 444 g/mol. The van der Waals surface area contributed by atoms with Crippen molar-refractivity contribution in [3.8, 4) is 17.2 Å². The molecule has 6 rings (SSSR count). The van der Waals surface area contributed by atoms with Gasteiger partial charge in [-0.2, -0.15) is 0 Å². The zero-order chi connectivity index (χ0) is 23.8. The lowest BCUT2D eigenvalue weighted by atomic mass is 10.0. The van der Waals surface area contributed by atoms with E-state index < -0.39 is 0 Å². The highest BCUT2D eigenvalue weighted by Crippen LogP contribution is 2.38. The standard InChI is InChI=1S/C27H28N4O4/c1-17-2-4-21-22(29-17)5-7-25-27(21)35-20(15-33-25)8-11-28-18-9-12-31(13-10-18)19-3-6-24-23(14-19)30-26(32)16-34-24/h2-8,11,14,18,20,28H,9-10,12-13,15-16H2,1H3,(H,30,32)/b11-8+. The molecule has 1 fully saturated rings. The van der Waals surface area contributed by atoms with Crippen LogP contribution < -0.4 is 29.7 Å². The van der Waals surface area contributed by atoms with E-state index in [4.69, 9.17) is 14.2 Å². The number of rotatable bonds is 4. The van der Waals surface area contributed by atoms with Crippen LogP contribution in [0.3, 0.4) is 0 Å². The van der Waals surface area contributed by atoms with E-state index in [1.165, 1.54) is 0 Å². The summed E-state index contributed by atoms with van der Waals surface area (Å²) in [6, 6.07) is 14.3. The molecule has 8 heteroatoms. The van der Waals surface area contributed by atoms with Gasteiger partial charge >= 0.3 is 0 Å². The van der Waals surface area contributed by atoms with Crippen LogP contribution in [0.2, 0.25) is 0 Å². The van der Waals surface area contributed by atoms with Crippen LogP contribution in [-0.4, -0.2) is 49.3 Å². The Kier molecular flexibility index (Phi) is 5.56. The molecule has 3 aromatic rings. The van der Waals surface area contributed by atoms with Gasteiger partial charge in [0.2, 0.25) is 0 Å². The Balaban J connectivity index is 1.04. The summed E-state index contributed by atoms with van der Waals surface area (Å²) < 4.78 is 17.7. The van der Waals surface area contributed by atoms with Crippen molar-refractivity contribution < 1.29 is 19.0 Å². The topological polar surface area (TPSA) is 85.0 Å². The van der Waals surface area contributed by atoms with Gasteiger partial charge in [-0.3, -0.25) is 9.78 Å². The van der Waals surface area contributed by atoms with E-state index in [0.29, 0.717) is 12.6 Å². The summed E-state index contributed by atoms with van der Waals surface area (Å²) in [7, 11) is 0. The van der Waals surface area contributed by atoms with E-state index >= 15 is 0 Å². The maximum absolute atomic E-state index is 11.6. The predicted molar refractivity (Wildman–Crippen MR) is 134 cm³/mol. The van der Waals surface area contributed by atoms with Gasteiger partial charge in [0.1, 0.15) is 12.4 Å². The summed E-state index contributed by atoms with van der Waals surface area (Å²) in [6.07, 6.45) is 5.91. The molecule has 1 amide bonds. The number of pyridine rings is 1. The molecule has 8 nitrogen and oxygen atoms in total. The van der Waals surface area contributed by atoms with Crippen LogP contribution in [0.1, 0.15) is 18.5 Å². The minimum atomic E-state index is -0.157. The minimum Gasteiger partial charge on any atom is -0.485 e. The Morgan fingerprint density at radius 3 is 2.83 bits per heavy atom. The lowest BCUT2D eigenvalue weighted by Gasteiger charge is -2.34. The highest BCUT2D eigenvalue weighted by Gasteiger charge is 2.23. The second kappa shape index (κ2) is 9.02. The number of carbonyl (C=O) groups excluding carboxylic acids is 1. The van der Waals surface area contributed by atoms with Crippen LogP contribution in [0.5, 0.6) is 17.2 Å². The van der Waals surface area contributed by atoms with Crippen LogP contribution in [0.4, 0.5) is 11.4 Å². The smallest absolute Gasteiger partial charge is 0.262 e. The summed E-state index contributed by atoms with van der Waals surface area (Å²) >= 11 is 0. The van der Waals surface area contributed by atoms with Gasteiger partial charge in [0.25, 0.3) is 5.91 Å². The maximum atomic E-state index is 11.6. The molecule has 0 spiro atoms. The number of piperidine rings is 1. The van der Waals surface area contributed by atoms with Crippen molar-refractivity contribution in [1.82, 2.24) is 10.3 Å². The number of aryl methyl sites for hydroxylation is 1. The Morgan fingerprint density at radius 1 is 1.09 bits per heavy atom. The Morgan fingerprint density at radius 2 is 1.94 bits per heavy atom. The third-order valence-electron chi connectivity index (χ3n) is 6.70. The molecule has 4 heterocycles. The molecule has 0 aliphatic carbocycles. The molecular formula is C27H28N4O4. The van der Waals surface area contributed by atoms with E-state index in [-0.39, 0.29) is 18.6 Å². The minimum absolute atomic E-state index is 0.0783. The van der Waals surface area contributed by atoms with Crippen LogP contribution in [0, 0.1) is 6.92 Å². The monoisotopic (exact) mass is 472 g/mol. The van der Waals surface area contributed by atoms with E-state index in [0.717, 1.165) is 71.2 Å². The fourth-order valence-corrected chi connectivity index (χ4v) is 4.82. The highest BCUT2D eigenvalue weighted by molar-refractivity contribution is 5.96. The number of hydrogen-bond acceptors (Lipinski definition) is 7. The van der Waals surface area contributed by atoms with E-state index in [1.54, 1.807) is 0 Å². The van der Waals surface area contributed by atoms with Crippen molar-refractivity contribution in [2.24, 2.45) is 0 Å². The first-order valence-corrected chi connectivity index (χ1v) is 12.1. The number of nitrogens with one attached hydrogen (secondary N) is 2. The Hall–Kier alpha value is -3.94. The molecule has 0 bridgehead atoms. The van der Waals surface area contributed by atoms with Crippen molar-refractivity contribution in [3.05, 3.63) is 60.4 Å². The van der Waals surface area contributed by atoms with Gasteiger partial charge in [0.15, 0.2) is 24.2 Å². The van der Waals surface area contributed by atoms with Crippen LogP contribution >= 0.6 is 0 Å². The average Bonchev–Trinajstić information content (AvgIpc) is 2.88. The first-order chi connectivity index (χ1) is 17.1. The molecule has 0 radical (unpaired) electrons. The first-order valence-electron chi connectivity index (χ1n) is 12.1. The molecule has 2 aromatic carbocycles. The van der Waals surface area contributed by atoms with Crippen molar-refractivity contribution in [2.75, 3.05) is 36.5 Å². The van der Waals surface area contributed by atoms with E-state index in [2.05, 4.69) is 26.6 Å². The lowest BCUT2D eigenvalue weighted by molar-refractivity contribution is -0.118. The summed E-state index contributed by atoms with van der Waals surface area (Å²) in [5, 5.41) is 7.39. The number of aromatic nitrogens is 1. The fourth-order valence-electron chi connectivity index (χ4n) is 4.82. The molecule has 2 N–H and O–H groups in total. The second-order valence-corrected chi connectivity index (χ2v) is 9.18. The summed E-state index contributed by atoms with van der Waals surface area (Å²) in [5.41, 5.74) is 3.74. The van der Waals surface area contributed by atoms with Gasteiger partial charge in [0.05, 0.1) is 11.2 Å². The third kappa shape index (κ3) is 4.43. The number of ether oxygens (including phenoxy) is 3. The quantitative estimate of drug-likeness (QED) is 0.598. The zero-order valence-corrected chi connectivity index (χ0v) is 19.6. The van der Waals surface area contributed by atoms with Crippen molar-refractivity contribution in [3.63, 3.8) is 0 Å².